The molecule has 2 nitrogen and oxygen atoms in total. The largest absolute Gasteiger partial charge is 0.343 e. The molecular formula is C11H8Cl2N2S. The number of rotatable bonds is 1. The number of aryl methyl sites for hydroxylation is 1. The zero-order valence-electron chi connectivity index (χ0n) is 8.42. The van der Waals surface area contributed by atoms with E-state index in [-0.39, 0.29) is 0 Å². The minimum atomic E-state index is 0.514. The molecule has 16 heavy (non-hydrogen) atoms. The summed E-state index contributed by atoms with van der Waals surface area (Å²) in [4.78, 5) is 7.21. The monoisotopic (exact) mass is 270 g/mol. The molecule has 2 rings (SSSR count). The Morgan fingerprint density at radius 3 is 2.75 bits per heavy atom. The maximum atomic E-state index is 6.13. The van der Waals surface area contributed by atoms with Gasteiger partial charge in [-0.2, -0.15) is 0 Å². The highest BCUT2D eigenvalue weighted by Crippen LogP contribution is 2.32. The van der Waals surface area contributed by atoms with Crippen LogP contribution in [0.3, 0.4) is 0 Å². The van der Waals surface area contributed by atoms with Gasteiger partial charge in [0.1, 0.15) is 10.5 Å². The van der Waals surface area contributed by atoms with Gasteiger partial charge in [0.25, 0.3) is 0 Å². The number of aromatic amines is 1. The molecule has 1 aromatic heterocycles. The molecule has 5 heteroatoms. The second kappa shape index (κ2) is 4.53. The van der Waals surface area contributed by atoms with E-state index >= 15 is 0 Å². The molecule has 0 aliphatic carbocycles. The van der Waals surface area contributed by atoms with Gasteiger partial charge in [-0.3, -0.25) is 0 Å². The summed E-state index contributed by atoms with van der Waals surface area (Å²) in [6.45, 7) is 1.84. The Kier molecular flexibility index (Phi) is 3.28. The molecule has 0 spiro atoms. The molecule has 82 valence electrons. The van der Waals surface area contributed by atoms with Gasteiger partial charge in [0.15, 0.2) is 0 Å². The molecule has 0 amide bonds. The summed E-state index contributed by atoms with van der Waals surface area (Å²) in [6, 6.07) is 7.24. The normalized spacial score (nSPS) is 10.4. The molecule has 0 radical (unpaired) electrons. The van der Waals surface area contributed by atoms with Crippen molar-refractivity contribution in [2.24, 2.45) is 0 Å². The van der Waals surface area contributed by atoms with E-state index in [1.807, 2.05) is 19.1 Å². The third-order valence-corrected chi connectivity index (χ3v) is 3.13. The van der Waals surface area contributed by atoms with Crippen molar-refractivity contribution in [1.82, 2.24) is 9.97 Å². The van der Waals surface area contributed by atoms with Gasteiger partial charge in [-0.25, -0.2) is 4.98 Å². The second-order valence-electron chi connectivity index (χ2n) is 3.32. The van der Waals surface area contributed by atoms with E-state index in [1.165, 1.54) is 0 Å². The molecule has 0 fully saturated rings. The molecule has 0 saturated carbocycles. The van der Waals surface area contributed by atoms with Gasteiger partial charge < -0.3 is 4.98 Å². The van der Waals surface area contributed by atoms with Crippen LogP contribution in [0, 0.1) is 11.6 Å². The molecule has 2 aromatic rings. The van der Waals surface area contributed by atoms with Gasteiger partial charge >= 0.3 is 0 Å². The zero-order chi connectivity index (χ0) is 11.7. The average Bonchev–Trinajstić information content (AvgIpc) is 2.20. The summed E-state index contributed by atoms with van der Waals surface area (Å²) < 4.78 is 0.530. The Labute approximate surface area is 108 Å². The SMILES string of the molecule is Cc1nc(=S)cc(-c2cccc(Cl)c2Cl)[nH]1. The molecule has 0 saturated heterocycles. The summed E-state index contributed by atoms with van der Waals surface area (Å²) in [5, 5.41) is 1.04. The molecule has 0 bridgehead atoms. The quantitative estimate of drug-likeness (QED) is 0.778. The van der Waals surface area contributed by atoms with Crippen LogP contribution in [0.2, 0.25) is 10.0 Å². The molecule has 0 aliphatic heterocycles. The molecule has 1 aromatic carbocycles. The number of benzene rings is 1. The maximum Gasteiger partial charge on any atom is 0.130 e. The number of hydrogen-bond donors (Lipinski definition) is 1. The van der Waals surface area contributed by atoms with Gasteiger partial charge in [0.2, 0.25) is 0 Å². The Hall–Kier alpha value is -0.900. The first-order chi connectivity index (χ1) is 7.58. The smallest absolute Gasteiger partial charge is 0.130 e. The van der Waals surface area contributed by atoms with E-state index in [2.05, 4.69) is 9.97 Å². The number of hydrogen-bond acceptors (Lipinski definition) is 2. The predicted octanol–water partition coefficient (Wildman–Crippen LogP) is 4.42. The minimum Gasteiger partial charge on any atom is -0.343 e. The average molecular weight is 271 g/mol. The topological polar surface area (TPSA) is 28.7 Å². The summed E-state index contributed by atoms with van der Waals surface area (Å²) >= 11 is 17.1. The van der Waals surface area contributed by atoms with Crippen molar-refractivity contribution in [3.63, 3.8) is 0 Å². The highest BCUT2D eigenvalue weighted by molar-refractivity contribution is 7.71. The molecule has 1 N–H and O–H groups in total. The molecule has 0 aliphatic rings. The third-order valence-electron chi connectivity index (χ3n) is 2.10. The van der Waals surface area contributed by atoms with Gasteiger partial charge in [-0.05, 0) is 19.1 Å². The number of H-pyrrole nitrogens is 1. The van der Waals surface area contributed by atoms with E-state index in [0.717, 1.165) is 17.1 Å². The number of aromatic nitrogens is 2. The van der Waals surface area contributed by atoms with Crippen LogP contribution < -0.4 is 0 Å². The lowest BCUT2D eigenvalue weighted by Gasteiger charge is -2.06. The first-order valence-electron chi connectivity index (χ1n) is 4.60. The van der Waals surface area contributed by atoms with Crippen LogP contribution in [-0.4, -0.2) is 9.97 Å². The Morgan fingerprint density at radius 1 is 1.31 bits per heavy atom. The lowest BCUT2D eigenvalue weighted by Crippen LogP contribution is -1.92. The van der Waals surface area contributed by atoms with Crippen LogP contribution in [-0.2, 0) is 0 Å². The minimum absolute atomic E-state index is 0.514. The highest BCUT2D eigenvalue weighted by atomic mass is 35.5. The molecule has 0 atom stereocenters. The van der Waals surface area contributed by atoms with Crippen molar-refractivity contribution in [3.8, 4) is 11.3 Å². The van der Waals surface area contributed by atoms with Crippen LogP contribution in [0.15, 0.2) is 24.3 Å². The van der Waals surface area contributed by atoms with Gasteiger partial charge in [-0.1, -0.05) is 47.6 Å². The molecular weight excluding hydrogens is 263 g/mol. The van der Waals surface area contributed by atoms with Gasteiger partial charge in [-0.15, -0.1) is 0 Å². The van der Waals surface area contributed by atoms with Crippen LogP contribution in [0.4, 0.5) is 0 Å². The van der Waals surface area contributed by atoms with E-state index in [1.54, 1.807) is 12.1 Å². The number of halogens is 2. The van der Waals surface area contributed by atoms with E-state index < -0.39 is 0 Å². The fourth-order valence-electron chi connectivity index (χ4n) is 1.44. The summed E-state index contributed by atoms with van der Waals surface area (Å²) in [6.07, 6.45) is 0. The van der Waals surface area contributed by atoms with Gasteiger partial charge in [0.05, 0.1) is 15.7 Å². The van der Waals surface area contributed by atoms with Crippen LogP contribution in [0.5, 0.6) is 0 Å². The Balaban J connectivity index is 2.67. The first kappa shape index (κ1) is 11.6. The van der Waals surface area contributed by atoms with Crippen LogP contribution >= 0.6 is 35.4 Å². The van der Waals surface area contributed by atoms with Crippen molar-refractivity contribution < 1.29 is 0 Å². The lowest BCUT2D eigenvalue weighted by atomic mass is 10.1. The van der Waals surface area contributed by atoms with Gasteiger partial charge in [0, 0.05) is 5.56 Å². The van der Waals surface area contributed by atoms with Crippen LogP contribution in [0.25, 0.3) is 11.3 Å². The second-order valence-corrected chi connectivity index (χ2v) is 4.52. The first-order valence-corrected chi connectivity index (χ1v) is 5.76. The summed E-state index contributed by atoms with van der Waals surface area (Å²) in [5.41, 5.74) is 1.65. The lowest BCUT2D eigenvalue weighted by molar-refractivity contribution is 1.05. The molecule has 1 heterocycles. The van der Waals surface area contributed by atoms with E-state index in [9.17, 15) is 0 Å². The third kappa shape index (κ3) is 2.26. The number of nitrogens with zero attached hydrogens (tertiary/aromatic N) is 1. The van der Waals surface area contributed by atoms with Crippen molar-refractivity contribution in [3.05, 3.63) is 44.8 Å². The van der Waals surface area contributed by atoms with Crippen molar-refractivity contribution in [2.75, 3.05) is 0 Å². The Bertz CT molecular complexity index is 593. The fraction of sp³-hybridized carbons (Fsp3) is 0.0909. The summed E-state index contributed by atoms with van der Waals surface area (Å²) in [7, 11) is 0. The van der Waals surface area contributed by atoms with Crippen LogP contribution in [0.1, 0.15) is 5.82 Å². The maximum absolute atomic E-state index is 6.13. The van der Waals surface area contributed by atoms with E-state index in [0.29, 0.717) is 14.7 Å². The summed E-state index contributed by atoms with van der Waals surface area (Å²) in [5.74, 6) is 0.749. The number of nitrogens with one attached hydrogen (secondary N) is 1. The van der Waals surface area contributed by atoms with Crippen molar-refractivity contribution in [2.45, 2.75) is 6.92 Å². The Morgan fingerprint density at radius 2 is 2.06 bits per heavy atom. The van der Waals surface area contributed by atoms with E-state index in [4.69, 9.17) is 35.4 Å². The molecule has 0 unspecified atom stereocenters. The van der Waals surface area contributed by atoms with Crippen molar-refractivity contribution >= 4 is 35.4 Å². The van der Waals surface area contributed by atoms with Crippen molar-refractivity contribution in [1.29, 1.82) is 0 Å². The fourth-order valence-corrected chi connectivity index (χ4v) is 2.09. The zero-order valence-corrected chi connectivity index (χ0v) is 10.7. The standard InChI is InChI=1S/C11H8Cl2N2S/c1-6-14-9(5-10(16)15-6)7-3-2-4-8(12)11(7)13/h2-5H,1H3,(H,14,15,16). The predicted molar refractivity (Wildman–Crippen MR) is 69.6 cm³/mol. The highest BCUT2D eigenvalue weighted by Gasteiger charge is 2.07.